The van der Waals surface area contributed by atoms with Crippen LogP contribution in [0.3, 0.4) is 0 Å². The average Bonchev–Trinajstić information content (AvgIpc) is 2.61. The van der Waals surface area contributed by atoms with E-state index in [0.717, 1.165) is 18.6 Å². The first kappa shape index (κ1) is 9.77. The van der Waals surface area contributed by atoms with Crippen LogP contribution in [0.5, 0.6) is 0 Å². The van der Waals surface area contributed by atoms with Crippen LogP contribution in [0.15, 0.2) is 15.6 Å². The zero-order chi connectivity index (χ0) is 9.68. The monoisotopic (exact) mass is 181 g/mol. The summed E-state index contributed by atoms with van der Waals surface area (Å²) in [7, 11) is 0. The van der Waals surface area contributed by atoms with Crippen LogP contribution in [0.2, 0.25) is 0 Å². The molecular weight excluding hydrogens is 166 g/mol. The van der Waals surface area contributed by atoms with Crippen molar-refractivity contribution in [2.75, 3.05) is 0 Å². The van der Waals surface area contributed by atoms with Crippen LogP contribution in [-0.4, -0.2) is 10.8 Å². The number of nitrogens with two attached hydrogens (primary N) is 1. The normalized spacial score (nSPS) is 12.0. The Kier molecular flexibility index (Phi) is 3.49. The first-order chi connectivity index (χ1) is 6.26. The highest BCUT2D eigenvalue weighted by atomic mass is 16.4. The first-order valence-electron chi connectivity index (χ1n) is 4.48. The van der Waals surface area contributed by atoms with Gasteiger partial charge in [0.1, 0.15) is 12.3 Å². The van der Waals surface area contributed by atoms with E-state index >= 15 is 0 Å². The molecule has 1 heterocycles. The number of aliphatic imine (C=N–C) groups is 1. The smallest absolute Gasteiger partial charge is 0.216 e. The van der Waals surface area contributed by atoms with Crippen LogP contribution in [0.4, 0.5) is 0 Å². The van der Waals surface area contributed by atoms with Gasteiger partial charge in [0.05, 0.1) is 12.0 Å². The average molecular weight is 181 g/mol. The molecule has 1 aromatic rings. The summed E-state index contributed by atoms with van der Waals surface area (Å²) in [5.41, 5.74) is 5.54. The quantitative estimate of drug-likeness (QED) is 0.565. The van der Waals surface area contributed by atoms with Gasteiger partial charge in [0.25, 0.3) is 0 Å². The number of hydrogen-bond acceptors (Lipinski definition) is 3. The van der Waals surface area contributed by atoms with Gasteiger partial charge in [0, 0.05) is 12.8 Å². The molecule has 0 saturated carbocycles. The van der Waals surface area contributed by atoms with E-state index in [1.165, 1.54) is 0 Å². The van der Waals surface area contributed by atoms with Crippen molar-refractivity contribution in [3.63, 3.8) is 0 Å². The minimum atomic E-state index is 0.444. The van der Waals surface area contributed by atoms with Gasteiger partial charge in [-0.1, -0.05) is 13.8 Å². The second kappa shape index (κ2) is 4.64. The predicted molar refractivity (Wildman–Crippen MR) is 51.5 cm³/mol. The largest absolute Gasteiger partial charge is 0.444 e. The maximum Gasteiger partial charge on any atom is 0.216 e. The molecule has 0 radical (unpaired) electrons. The Morgan fingerprint density at radius 3 is 2.92 bits per heavy atom. The van der Waals surface area contributed by atoms with Crippen LogP contribution < -0.4 is 5.73 Å². The van der Waals surface area contributed by atoms with Crippen molar-refractivity contribution in [2.45, 2.75) is 33.2 Å². The Bertz CT molecular complexity index is 291. The van der Waals surface area contributed by atoms with Crippen molar-refractivity contribution in [1.29, 1.82) is 0 Å². The zero-order valence-electron chi connectivity index (χ0n) is 8.08. The summed E-state index contributed by atoms with van der Waals surface area (Å²) < 4.78 is 5.35. The minimum absolute atomic E-state index is 0.444. The van der Waals surface area contributed by atoms with Gasteiger partial charge in [-0.05, 0) is 0 Å². The minimum Gasteiger partial charge on any atom is -0.444 e. The fraction of sp³-hybridized carbons (Fsp3) is 0.556. The second-order valence-electron chi connectivity index (χ2n) is 2.73. The second-order valence-corrected chi connectivity index (χ2v) is 2.73. The van der Waals surface area contributed by atoms with Gasteiger partial charge in [-0.25, -0.2) is 4.98 Å². The summed E-state index contributed by atoms with van der Waals surface area (Å²) in [5, 5.41) is 0. The third-order valence-electron chi connectivity index (χ3n) is 1.73. The summed E-state index contributed by atoms with van der Waals surface area (Å²) in [5.74, 6) is 2.16. The molecule has 1 aromatic heterocycles. The molecule has 72 valence electrons. The molecule has 0 bridgehead atoms. The Morgan fingerprint density at radius 2 is 2.38 bits per heavy atom. The molecule has 4 nitrogen and oxygen atoms in total. The molecule has 13 heavy (non-hydrogen) atoms. The van der Waals surface area contributed by atoms with Gasteiger partial charge in [-0.2, -0.15) is 0 Å². The third-order valence-corrected chi connectivity index (χ3v) is 1.73. The number of rotatable bonds is 4. The van der Waals surface area contributed by atoms with Gasteiger partial charge in [-0.3, -0.25) is 4.99 Å². The van der Waals surface area contributed by atoms with Gasteiger partial charge in [0.2, 0.25) is 5.89 Å². The van der Waals surface area contributed by atoms with E-state index in [1.807, 2.05) is 13.8 Å². The molecule has 0 aliphatic rings. The van der Waals surface area contributed by atoms with Gasteiger partial charge in [-0.15, -0.1) is 0 Å². The summed E-state index contributed by atoms with van der Waals surface area (Å²) in [6.45, 7) is 4.43. The van der Waals surface area contributed by atoms with E-state index in [1.54, 1.807) is 6.20 Å². The Hall–Kier alpha value is -1.32. The third kappa shape index (κ3) is 2.89. The fourth-order valence-electron chi connectivity index (χ4n) is 0.866. The van der Waals surface area contributed by atoms with E-state index in [9.17, 15) is 0 Å². The van der Waals surface area contributed by atoms with Crippen molar-refractivity contribution < 1.29 is 4.42 Å². The zero-order valence-corrected chi connectivity index (χ0v) is 8.08. The van der Waals surface area contributed by atoms with Gasteiger partial charge >= 0.3 is 0 Å². The van der Waals surface area contributed by atoms with E-state index in [0.29, 0.717) is 18.3 Å². The lowest BCUT2D eigenvalue weighted by Gasteiger charge is -1.93. The van der Waals surface area contributed by atoms with E-state index in [4.69, 9.17) is 10.2 Å². The molecule has 0 amide bonds. The SMILES string of the molecule is CCC(N)=NCc1ncc(CC)o1. The van der Waals surface area contributed by atoms with E-state index in [2.05, 4.69) is 9.98 Å². The van der Waals surface area contributed by atoms with E-state index in [-0.39, 0.29) is 0 Å². The number of amidine groups is 1. The molecule has 0 aliphatic carbocycles. The van der Waals surface area contributed by atoms with Crippen molar-refractivity contribution in [3.8, 4) is 0 Å². The maximum atomic E-state index is 5.54. The highest BCUT2D eigenvalue weighted by molar-refractivity contribution is 5.79. The molecule has 0 atom stereocenters. The van der Waals surface area contributed by atoms with Crippen LogP contribution in [-0.2, 0) is 13.0 Å². The lowest BCUT2D eigenvalue weighted by Crippen LogP contribution is -2.09. The van der Waals surface area contributed by atoms with Crippen molar-refractivity contribution in [1.82, 2.24) is 4.98 Å². The molecule has 2 N–H and O–H groups in total. The number of hydrogen-bond donors (Lipinski definition) is 1. The summed E-state index contributed by atoms with van der Waals surface area (Å²) >= 11 is 0. The van der Waals surface area contributed by atoms with Gasteiger partial charge < -0.3 is 10.2 Å². The molecule has 0 aromatic carbocycles. The summed E-state index contributed by atoms with van der Waals surface area (Å²) in [4.78, 5) is 8.16. The van der Waals surface area contributed by atoms with E-state index < -0.39 is 0 Å². The molecule has 0 aliphatic heterocycles. The van der Waals surface area contributed by atoms with Crippen LogP contribution in [0.1, 0.15) is 31.9 Å². The summed E-state index contributed by atoms with van der Waals surface area (Å²) in [6, 6.07) is 0. The van der Waals surface area contributed by atoms with Crippen LogP contribution >= 0.6 is 0 Å². The maximum absolute atomic E-state index is 5.54. The highest BCUT2D eigenvalue weighted by Crippen LogP contribution is 2.05. The fourth-order valence-corrected chi connectivity index (χ4v) is 0.866. The summed E-state index contributed by atoms with van der Waals surface area (Å²) in [6.07, 6.45) is 3.36. The van der Waals surface area contributed by atoms with Gasteiger partial charge in [0.15, 0.2) is 0 Å². The standard InChI is InChI=1S/C9H15N3O/c1-3-7-5-12-9(13-7)6-11-8(10)4-2/h5H,3-4,6H2,1-2H3,(H2,10,11). The molecule has 0 saturated heterocycles. The Morgan fingerprint density at radius 1 is 1.62 bits per heavy atom. The topological polar surface area (TPSA) is 64.4 Å². The van der Waals surface area contributed by atoms with Crippen molar-refractivity contribution in [3.05, 3.63) is 17.8 Å². The Labute approximate surface area is 77.9 Å². The molecule has 0 fully saturated rings. The number of oxazole rings is 1. The van der Waals surface area contributed by atoms with Crippen molar-refractivity contribution in [2.24, 2.45) is 10.7 Å². The van der Waals surface area contributed by atoms with Crippen LogP contribution in [0.25, 0.3) is 0 Å². The molecule has 4 heteroatoms. The number of aromatic nitrogens is 1. The predicted octanol–water partition coefficient (Wildman–Crippen LogP) is 1.50. The number of nitrogens with zero attached hydrogens (tertiary/aromatic N) is 2. The molecular formula is C9H15N3O. The lowest BCUT2D eigenvalue weighted by atomic mass is 10.4. The number of aryl methyl sites for hydroxylation is 1. The molecule has 0 unspecified atom stereocenters. The lowest BCUT2D eigenvalue weighted by molar-refractivity contribution is 0.461. The van der Waals surface area contributed by atoms with Crippen LogP contribution in [0, 0.1) is 0 Å². The first-order valence-corrected chi connectivity index (χ1v) is 4.48. The molecule has 1 rings (SSSR count). The molecule has 0 spiro atoms. The Balaban J connectivity index is 2.54. The highest BCUT2D eigenvalue weighted by Gasteiger charge is 2.00. The van der Waals surface area contributed by atoms with Crippen molar-refractivity contribution >= 4 is 5.84 Å².